The summed E-state index contributed by atoms with van der Waals surface area (Å²) in [5.41, 5.74) is 2.07. The van der Waals surface area contributed by atoms with Crippen LogP contribution in [0.1, 0.15) is 41.7 Å². The number of imidazole rings is 1. The van der Waals surface area contributed by atoms with Gasteiger partial charge in [-0.3, -0.25) is 14.3 Å². The van der Waals surface area contributed by atoms with Crippen LogP contribution in [0.3, 0.4) is 0 Å². The van der Waals surface area contributed by atoms with Gasteiger partial charge in [-0.1, -0.05) is 0 Å². The first kappa shape index (κ1) is 21.0. The predicted molar refractivity (Wildman–Crippen MR) is 112 cm³/mol. The number of benzene rings is 1. The number of aryl methyl sites for hydroxylation is 1. The maximum absolute atomic E-state index is 13.4. The van der Waals surface area contributed by atoms with Crippen LogP contribution in [-0.4, -0.2) is 44.4 Å². The van der Waals surface area contributed by atoms with Gasteiger partial charge in [0, 0.05) is 38.5 Å². The van der Waals surface area contributed by atoms with Crippen molar-refractivity contribution in [2.45, 2.75) is 44.2 Å². The number of fused-ring (bicyclic) bond motifs is 1. The van der Waals surface area contributed by atoms with Crippen LogP contribution in [0.15, 0.2) is 35.4 Å². The molecule has 0 bridgehead atoms. The van der Waals surface area contributed by atoms with Crippen molar-refractivity contribution in [3.63, 3.8) is 0 Å². The van der Waals surface area contributed by atoms with Crippen LogP contribution in [0.4, 0.5) is 14.6 Å². The van der Waals surface area contributed by atoms with Crippen LogP contribution in [0.5, 0.6) is 0 Å². The van der Waals surface area contributed by atoms with Crippen molar-refractivity contribution < 1.29 is 13.6 Å². The molecule has 2 heterocycles. The zero-order valence-corrected chi connectivity index (χ0v) is 17.4. The second-order valence-electron chi connectivity index (χ2n) is 7.97. The molecule has 2 aromatic heterocycles. The fourth-order valence-corrected chi connectivity index (χ4v) is 3.87. The van der Waals surface area contributed by atoms with Gasteiger partial charge >= 0.3 is 5.69 Å². The lowest BCUT2D eigenvalue weighted by atomic mass is 9.91. The molecule has 8 nitrogen and oxygen atoms in total. The Kier molecular flexibility index (Phi) is 5.47. The molecular formula is C21H24F2N6O2. The molecule has 3 aromatic rings. The number of aromatic nitrogens is 4. The first-order valence-electron chi connectivity index (χ1n) is 10.1. The van der Waals surface area contributed by atoms with Crippen molar-refractivity contribution in [1.29, 1.82) is 0 Å². The molecule has 4 rings (SSSR count). The molecule has 1 amide bonds. The molecule has 1 fully saturated rings. The highest BCUT2D eigenvalue weighted by atomic mass is 19.3. The van der Waals surface area contributed by atoms with Crippen molar-refractivity contribution in [3.05, 3.63) is 52.3 Å². The predicted octanol–water partition coefficient (Wildman–Crippen LogP) is 2.60. The lowest BCUT2D eigenvalue weighted by molar-refractivity contribution is -0.0378. The average Bonchev–Trinajstić information content (AvgIpc) is 3.05. The van der Waals surface area contributed by atoms with Gasteiger partial charge in [-0.05, 0) is 31.0 Å². The van der Waals surface area contributed by atoms with Crippen molar-refractivity contribution >= 4 is 22.8 Å². The van der Waals surface area contributed by atoms with Crippen LogP contribution >= 0.6 is 0 Å². The van der Waals surface area contributed by atoms with Gasteiger partial charge in [0.1, 0.15) is 5.82 Å². The fourth-order valence-electron chi connectivity index (χ4n) is 3.87. The minimum absolute atomic E-state index is 0.0128. The third-order valence-corrected chi connectivity index (χ3v) is 5.88. The van der Waals surface area contributed by atoms with E-state index in [1.165, 1.54) is 4.57 Å². The number of H-pyrrole nitrogens is 1. The second-order valence-corrected chi connectivity index (χ2v) is 7.97. The largest absolute Gasteiger partial charge is 0.355 e. The summed E-state index contributed by atoms with van der Waals surface area (Å²) in [6.07, 6.45) is 3.78. The Morgan fingerprint density at radius 3 is 2.71 bits per heavy atom. The summed E-state index contributed by atoms with van der Waals surface area (Å²) in [6.45, 7) is 0.189. The molecule has 2 N–H and O–H groups in total. The van der Waals surface area contributed by atoms with Crippen LogP contribution in [0, 0.1) is 0 Å². The third kappa shape index (κ3) is 4.42. The molecule has 0 saturated heterocycles. The number of hydrogen-bond donors (Lipinski definition) is 2. The molecule has 10 heteroatoms. The zero-order valence-electron chi connectivity index (χ0n) is 17.4. The van der Waals surface area contributed by atoms with Gasteiger partial charge in [-0.2, -0.15) is 0 Å². The molecule has 0 spiro atoms. The Morgan fingerprint density at radius 2 is 2.03 bits per heavy atom. The Morgan fingerprint density at radius 1 is 1.29 bits per heavy atom. The van der Waals surface area contributed by atoms with E-state index in [2.05, 4.69) is 20.3 Å². The van der Waals surface area contributed by atoms with Crippen LogP contribution in [0.2, 0.25) is 0 Å². The molecule has 1 saturated carbocycles. The van der Waals surface area contributed by atoms with Crippen molar-refractivity contribution in [1.82, 2.24) is 24.8 Å². The van der Waals surface area contributed by atoms with Crippen molar-refractivity contribution in [3.8, 4) is 0 Å². The first-order valence-corrected chi connectivity index (χ1v) is 10.1. The molecule has 1 aromatic carbocycles. The number of nitrogens with one attached hydrogen (secondary N) is 2. The molecule has 1 aliphatic rings. The van der Waals surface area contributed by atoms with E-state index in [0.29, 0.717) is 41.0 Å². The van der Waals surface area contributed by atoms with Crippen LogP contribution < -0.4 is 15.9 Å². The quantitative estimate of drug-likeness (QED) is 0.649. The lowest BCUT2D eigenvalue weighted by Crippen LogP contribution is -2.39. The molecule has 0 aliphatic heterocycles. The van der Waals surface area contributed by atoms with E-state index in [9.17, 15) is 18.4 Å². The number of anilines is 1. The number of rotatable bonds is 5. The number of alkyl halides is 2. The van der Waals surface area contributed by atoms with Crippen LogP contribution in [-0.2, 0) is 13.6 Å². The Hall–Kier alpha value is -3.30. The molecule has 31 heavy (non-hydrogen) atoms. The Balaban J connectivity index is 1.36. The number of amides is 1. The van der Waals surface area contributed by atoms with Gasteiger partial charge < -0.3 is 15.2 Å². The lowest BCUT2D eigenvalue weighted by Gasteiger charge is -2.35. The average molecular weight is 430 g/mol. The number of carbonyl (C=O) groups excluding carboxylic acids is 1. The minimum atomic E-state index is -2.56. The Bertz CT molecular complexity index is 1140. The van der Waals surface area contributed by atoms with Gasteiger partial charge in [0.05, 0.1) is 35.7 Å². The van der Waals surface area contributed by atoms with Gasteiger partial charge in [0.25, 0.3) is 5.91 Å². The topological polar surface area (TPSA) is 95.9 Å². The summed E-state index contributed by atoms with van der Waals surface area (Å²) in [4.78, 5) is 37.5. The van der Waals surface area contributed by atoms with E-state index in [0.717, 1.165) is 0 Å². The van der Waals surface area contributed by atoms with Crippen LogP contribution in [0.25, 0.3) is 11.0 Å². The summed E-state index contributed by atoms with van der Waals surface area (Å²) in [6, 6.07) is 5.01. The SMILES string of the molecule is CN(c1cnc(CNC(=O)c2ccc3c(c2)[nH]c(=O)n3C)cn1)C1CCC(F)(F)CC1. The highest BCUT2D eigenvalue weighted by Gasteiger charge is 2.36. The number of halogens is 2. The fraction of sp³-hybridized carbons (Fsp3) is 0.429. The Labute approximate surface area is 177 Å². The second kappa shape index (κ2) is 8.09. The monoisotopic (exact) mass is 430 g/mol. The number of carbonyl (C=O) groups is 1. The smallest absolute Gasteiger partial charge is 0.326 e. The van der Waals surface area contributed by atoms with E-state index in [-0.39, 0.29) is 37.0 Å². The van der Waals surface area contributed by atoms with Gasteiger partial charge in [-0.15, -0.1) is 0 Å². The minimum Gasteiger partial charge on any atom is -0.355 e. The molecule has 164 valence electrons. The molecule has 0 atom stereocenters. The van der Waals surface area contributed by atoms with E-state index in [4.69, 9.17) is 0 Å². The zero-order chi connectivity index (χ0) is 22.2. The number of aromatic amines is 1. The normalized spacial score (nSPS) is 16.4. The molecule has 0 radical (unpaired) electrons. The number of nitrogens with zero attached hydrogens (tertiary/aromatic N) is 4. The van der Waals surface area contributed by atoms with E-state index in [1.54, 1.807) is 37.6 Å². The van der Waals surface area contributed by atoms with Crippen molar-refractivity contribution in [2.75, 3.05) is 11.9 Å². The summed E-state index contributed by atoms with van der Waals surface area (Å²) in [5, 5.41) is 2.79. The molecule has 0 unspecified atom stereocenters. The van der Waals surface area contributed by atoms with Gasteiger partial charge in [-0.25, -0.2) is 18.6 Å². The summed E-state index contributed by atoms with van der Waals surface area (Å²) in [5.74, 6) is -2.24. The highest BCUT2D eigenvalue weighted by molar-refractivity contribution is 5.97. The van der Waals surface area contributed by atoms with E-state index < -0.39 is 5.92 Å². The summed E-state index contributed by atoms with van der Waals surface area (Å²) < 4.78 is 28.2. The van der Waals surface area contributed by atoms with Gasteiger partial charge in [0.2, 0.25) is 5.92 Å². The molecular weight excluding hydrogens is 406 g/mol. The maximum atomic E-state index is 13.4. The first-order chi connectivity index (χ1) is 14.7. The van der Waals surface area contributed by atoms with E-state index in [1.807, 2.05) is 11.9 Å². The highest BCUT2D eigenvalue weighted by Crippen LogP contribution is 2.35. The summed E-state index contributed by atoms with van der Waals surface area (Å²) in [7, 11) is 3.49. The maximum Gasteiger partial charge on any atom is 0.326 e. The van der Waals surface area contributed by atoms with Crippen molar-refractivity contribution in [2.24, 2.45) is 7.05 Å². The van der Waals surface area contributed by atoms with E-state index >= 15 is 0 Å². The molecule has 1 aliphatic carbocycles. The standard InChI is InChI=1S/C21H24F2N6O2/c1-28(15-5-7-21(22,23)8-6-15)18-12-24-14(10-25-18)11-26-19(30)13-3-4-17-16(9-13)27-20(31)29(17)2/h3-4,9-10,12,15H,5-8,11H2,1-2H3,(H,26,30)(H,27,31). The van der Waals surface area contributed by atoms with Gasteiger partial charge in [0.15, 0.2) is 0 Å². The third-order valence-electron chi connectivity index (χ3n) is 5.88. The number of hydrogen-bond acceptors (Lipinski definition) is 5. The summed E-state index contributed by atoms with van der Waals surface area (Å²) >= 11 is 0.